The molecule has 1 N–H and O–H groups in total. The van der Waals surface area contributed by atoms with Crippen LogP contribution in [0.1, 0.15) is 0 Å². The monoisotopic (exact) mass is 346 g/mol. The molecule has 0 amide bonds. The lowest BCUT2D eigenvalue weighted by Crippen LogP contribution is -2.62. The second kappa shape index (κ2) is 5.55. The maximum absolute atomic E-state index is 4.73. The molecule has 1 aromatic heterocycles. The number of nitrogens with one attached hydrogen (secondary N) is 1. The van der Waals surface area contributed by atoms with Crippen molar-refractivity contribution in [3.05, 3.63) is 34.8 Å². The number of halogens is 1. The lowest BCUT2D eigenvalue weighted by molar-refractivity contribution is 0.0189. The number of nitrogens with zero attached hydrogens (tertiary/aromatic N) is 3. The fourth-order valence-electron chi connectivity index (χ4n) is 3.35. The van der Waals surface area contributed by atoms with Crippen LogP contribution in [0, 0.1) is 0 Å². The SMILES string of the molecule is Brc1cccc2ccc(NCC3CN4CCN3CC4)nc12. The van der Waals surface area contributed by atoms with Crippen LogP contribution in [0.5, 0.6) is 0 Å². The normalized spacial score (nSPS) is 28.0. The van der Waals surface area contributed by atoms with E-state index in [1.165, 1.54) is 38.1 Å². The number of fused-ring (bicyclic) bond motifs is 4. The van der Waals surface area contributed by atoms with E-state index in [-0.39, 0.29) is 0 Å². The van der Waals surface area contributed by atoms with Crippen LogP contribution >= 0.6 is 15.9 Å². The van der Waals surface area contributed by atoms with Gasteiger partial charge in [-0.05, 0) is 34.1 Å². The highest BCUT2D eigenvalue weighted by molar-refractivity contribution is 9.10. The minimum absolute atomic E-state index is 0.615. The maximum atomic E-state index is 4.73. The molecule has 110 valence electrons. The van der Waals surface area contributed by atoms with Crippen molar-refractivity contribution in [3.63, 3.8) is 0 Å². The number of hydrogen-bond donors (Lipinski definition) is 1. The van der Waals surface area contributed by atoms with Gasteiger partial charge in [-0.15, -0.1) is 0 Å². The molecule has 3 saturated heterocycles. The van der Waals surface area contributed by atoms with Crippen molar-refractivity contribution in [1.82, 2.24) is 14.8 Å². The van der Waals surface area contributed by atoms with Gasteiger partial charge >= 0.3 is 0 Å². The van der Waals surface area contributed by atoms with Crippen LogP contribution < -0.4 is 5.32 Å². The Hall–Kier alpha value is -1.17. The number of para-hydroxylation sites is 1. The Morgan fingerprint density at radius 3 is 2.76 bits per heavy atom. The van der Waals surface area contributed by atoms with Gasteiger partial charge in [0.25, 0.3) is 0 Å². The highest BCUT2D eigenvalue weighted by Crippen LogP contribution is 2.23. The number of benzene rings is 1. The summed E-state index contributed by atoms with van der Waals surface area (Å²) in [6, 6.07) is 11.0. The molecule has 0 saturated carbocycles. The molecule has 4 heterocycles. The maximum Gasteiger partial charge on any atom is 0.126 e. The third kappa shape index (κ3) is 2.65. The van der Waals surface area contributed by atoms with E-state index in [1.54, 1.807) is 0 Å². The highest BCUT2D eigenvalue weighted by Gasteiger charge is 2.31. The summed E-state index contributed by atoms with van der Waals surface area (Å²) in [5, 5.41) is 4.69. The molecule has 0 radical (unpaired) electrons. The first-order valence-electron chi connectivity index (χ1n) is 7.55. The van der Waals surface area contributed by atoms with Gasteiger partial charge < -0.3 is 5.32 Å². The van der Waals surface area contributed by atoms with Crippen molar-refractivity contribution in [2.45, 2.75) is 6.04 Å². The Labute approximate surface area is 133 Å². The topological polar surface area (TPSA) is 31.4 Å². The number of pyridine rings is 1. The molecule has 21 heavy (non-hydrogen) atoms. The first-order chi connectivity index (χ1) is 10.3. The standard InChI is InChI=1S/C16H19BrN4/c17-14-3-1-2-12-4-5-15(19-16(12)14)18-10-13-11-20-6-8-21(13)9-7-20/h1-5,13H,6-11H2,(H,18,19). The number of anilines is 1. The lowest BCUT2D eigenvalue weighted by atomic mass is 10.1. The summed E-state index contributed by atoms with van der Waals surface area (Å²) in [6.07, 6.45) is 0. The Bertz CT molecular complexity index is 652. The predicted octanol–water partition coefficient (Wildman–Crippen LogP) is 2.41. The summed E-state index contributed by atoms with van der Waals surface area (Å²) in [4.78, 5) is 9.90. The summed E-state index contributed by atoms with van der Waals surface area (Å²) in [5.74, 6) is 0.965. The largest absolute Gasteiger partial charge is 0.368 e. The third-order valence-electron chi connectivity index (χ3n) is 4.58. The van der Waals surface area contributed by atoms with Crippen molar-refractivity contribution in [3.8, 4) is 0 Å². The fraction of sp³-hybridized carbons (Fsp3) is 0.438. The summed E-state index contributed by atoms with van der Waals surface area (Å²) < 4.78 is 1.05. The van der Waals surface area contributed by atoms with E-state index in [4.69, 9.17) is 4.98 Å². The van der Waals surface area contributed by atoms with Crippen molar-refractivity contribution in [2.75, 3.05) is 44.6 Å². The molecule has 5 rings (SSSR count). The highest BCUT2D eigenvalue weighted by atomic mass is 79.9. The van der Waals surface area contributed by atoms with Gasteiger partial charge in [0.1, 0.15) is 5.82 Å². The molecule has 1 unspecified atom stereocenters. The van der Waals surface area contributed by atoms with Crippen LogP contribution in [0.25, 0.3) is 10.9 Å². The summed E-state index contributed by atoms with van der Waals surface area (Å²) in [5.41, 5.74) is 1.02. The van der Waals surface area contributed by atoms with E-state index in [9.17, 15) is 0 Å². The van der Waals surface area contributed by atoms with Gasteiger partial charge in [0.2, 0.25) is 0 Å². The average molecular weight is 347 g/mol. The van der Waals surface area contributed by atoms with Crippen LogP contribution in [-0.2, 0) is 0 Å². The van der Waals surface area contributed by atoms with E-state index >= 15 is 0 Å². The molecule has 0 aliphatic carbocycles. The molecule has 3 fully saturated rings. The molecule has 1 aromatic carbocycles. The molecule has 4 nitrogen and oxygen atoms in total. The van der Waals surface area contributed by atoms with Crippen LogP contribution in [0.4, 0.5) is 5.82 Å². The molecule has 5 heteroatoms. The van der Waals surface area contributed by atoms with E-state index in [1.807, 2.05) is 12.1 Å². The lowest BCUT2D eigenvalue weighted by Gasteiger charge is -2.47. The number of aromatic nitrogens is 1. The smallest absolute Gasteiger partial charge is 0.126 e. The molecular weight excluding hydrogens is 328 g/mol. The van der Waals surface area contributed by atoms with Crippen LogP contribution in [-0.4, -0.2) is 60.1 Å². The number of piperazine rings is 3. The Kier molecular flexibility index (Phi) is 3.57. The number of rotatable bonds is 3. The van der Waals surface area contributed by atoms with Gasteiger partial charge in [0.05, 0.1) is 5.52 Å². The minimum Gasteiger partial charge on any atom is -0.368 e. The zero-order valence-electron chi connectivity index (χ0n) is 11.9. The second-order valence-electron chi connectivity index (χ2n) is 5.88. The third-order valence-corrected chi connectivity index (χ3v) is 5.22. The van der Waals surface area contributed by atoms with E-state index in [2.05, 4.69) is 49.2 Å². The second-order valence-corrected chi connectivity index (χ2v) is 6.73. The van der Waals surface area contributed by atoms with Crippen molar-refractivity contribution in [2.24, 2.45) is 0 Å². The molecule has 2 aromatic rings. The van der Waals surface area contributed by atoms with Crippen LogP contribution in [0.3, 0.4) is 0 Å². The Morgan fingerprint density at radius 2 is 2.00 bits per heavy atom. The van der Waals surface area contributed by atoms with Gasteiger partial charge in [-0.1, -0.05) is 12.1 Å². The summed E-state index contributed by atoms with van der Waals surface area (Å²) >= 11 is 3.58. The zero-order valence-corrected chi connectivity index (χ0v) is 13.5. The average Bonchev–Trinajstić information content (AvgIpc) is 2.55. The molecule has 3 aliphatic rings. The number of hydrogen-bond acceptors (Lipinski definition) is 4. The van der Waals surface area contributed by atoms with Crippen molar-refractivity contribution < 1.29 is 0 Å². The zero-order chi connectivity index (χ0) is 14.2. The van der Waals surface area contributed by atoms with Gasteiger partial charge in [0, 0.05) is 55.2 Å². The summed E-state index contributed by atoms with van der Waals surface area (Å²) in [7, 11) is 0. The Balaban J connectivity index is 1.48. The van der Waals surface area contributed by atoms with Crippen molar-refractivity contribution in [1.29, 1.82) is 0 Å². The molecule has 2 bridgehead atoms. The molecule has 3 aliphatic heterocycles. The van der Waals surface area contributed by atoms with Gasteiger partial charge in [-0.2, -0.15) is 0 Å². The van der Waals surface area contributed by atoms with Gasteiger partial charge in [-0.25, -0.2) is 4.98 Å². The van der Waals surface area contributed by atoms with Crippen molar-refractivity contribution >= 4 is 32.7 Å². The first-order valence-corrected chi connectivity index (χ1v) is 8.34. The predicted molar refractivity (Wildman–Crippen MR) is 89.7 cm³/mol. The quantitative estimate of drug-likeness (QED) is 0.924. The molecular formula is C16H19BrN4. The van der Waals surface area contributed by atoms with Crippen LogP contribution in [0.15, 0.2) is 34.8 Å². The van der Waals surface area contributed by atoms with E-state index < -0.39 is 0 Å². The minimum atomic E-state index is 0.615. The van der Waals surface area contributed by atoms with Crippen LogP contribution in [0.2, 0.25) is 0 Å². The van der Waals surface area contributed by atoms with Gasteiger partial charge in [-0.3, -0.25) is 9.80 Å². The molecule has 1 atom stereocenters. The van der Waals surface area contributed by atoms with E-state index in [0.29, 0.717) is 6.04 Å². The van der Waals surface area contributed by atoms with E-state index in [0.717, 1.165) is 22.4 Å². The summed E-state index contributed by atoms with van der Waals surface area (Å²) in [6.45, 7) is 7.05. The van der Waals surface area contributed by atoms with Gasteiger partial charge in [0.15, 0.2) is 0 Å². The molecule has 0 spiro atoms. The fourth-order valence-corrected chi connectivity index (χ4v) is 3.82. The first kappa shape index (κ1) is 13.5. The Morgan fingerprint density at radius 1 is 1.14 bits per heavy atom.